The highest BCUT2D eigenvalue weighted by atomic mass is 16.7. The first kappa shape index (κ1) is 28.5. The molecule has 1 aromatic heterocycles. The molecule has 0 N–H and O–H groups in total. The van der Waals surface area contributed by atoms with Crippen molar-refractivity contribution in [3.63, 3.8) is 0 Å². The van der Waals surface area contributed by atoms with Gasteiger partial charge in [0.1, 0.15) is 0 Å². The molecule has 1 saturated heterocycles. The quantitative estimate of drug-likeness (QED) is 0.240. The molecule has 1 atom stereocenters. The molecule has 10 nitrogen and oxygen atoms in total. The van der Waals surface area contributed by atoms with Crippen LogP contribution in [-0.4, -0.2) is 59.9 Å². The van der Waals surface area contributed by atoms with Crippen molar-refractivity contribution < 1.29 is 33.4 Å². The van der Waals surface area contributed by atoms with E-state index in [0.29, 0.717) is 31.3 Å². The summed E-state index contributed by atoms with van der Waals surface area (Å²) in [6.45, 7) is 7.95. The Morgan fingerprint density at radius 2 is 1.57 bits per heavy atom. The Hall–Kier alpha value is -2.72. The molecule has 35 heavy (non-hydrogen) atoms. The average Bonchev–Trinajstić information content (AvgIpc) is 3.15. The van der Waals surface area contributed by atoms with Crippen LogP contribution in [-0.2, 0) is 30.4 Å². The fourth-order valence-corrected chi connectivity index (χ4v) is 3.39. The van der Waals surface area contributed by atoms with Crippen LogP contribution in [0.15, 0.2) is 17.1 Å². The Balaban J connectivity index is 2.34. The Kier molecular flexibility index (Phi) is 12.5. The van der Waals surface area contributed by atoms with Gasteiger partial charge < -0.3 is 23.6 Å². The zero-order chi connectivity index (χ0) is 25.6. The van der Waals surface area contributed by atoms with Crippen molar-refractivity contribution in [3.05, 3.63) is 28.2 Å². The fourth-order valence-electron chi connectivity index (χ4n) is 3.39. The molecule has 1 aliphatic heterocycles. The van der Waals surface area contributed by atoms with Crippen molar-refractivity contribution in [1.29, 1.82) is 0 Å². The summed E-state index contributed by atoms with van der Waals surface area (Å²) in [6.07, 6.45) is 6.27. The van der Waals surface area contributed by atoms with E-state index in [1.165, 1.54) is 16.8 Å². The van der Waals surface area contributed by atoms with Crippen LogP contribution >= 0.6 is 0 Å². The molecule has 2 heterocycles. The molecule has 0 aromatic carbocycles. The molecule has 0 bridgehead atoms. The minimum absolute atomic E-state index is 0.0317. The first-order chi connectivity index (χ1) is 16.9. The van der Waals surface area contributed by atoms with Gasteiger partial charge in [-0.1, -0.05) is 40.0 Å². The Morgan fingerprint density at radius 3 is 2.23 bits per heavy atom. The van der Waals surface area contributed by atoms with Crippen LogP contribution in [0.3, 0.4) is 0 Å². The molecule has 0 spiro atoms. The molecule has 196 valence electrons. The van der Waals surface area contributed by atoms with Gasteiger partial charge in [0, 0.05) is 38.3 Å². The number of unbranched alkanes of at least 4 members (excludes halogenated alkanes) is 3. The number of aromatic nitrogens is 1. The molecule has 1 aliphatic rings. The average molecular weight is 495 g/mol. The normalized spacial score (nSPS) is 14.4. The summed E-state index contributed by atoms with van der Waals surface area (Å²) in [6, 6.07) is 1.31. The van der Waals surface area contributed by atoms with Crippen LogP contribution < -0.4 is 10.2 Å². The molecule has 2 rings (SSSR count). The number of ether oxygens (including phenoxy) is 3. The summed E-state index contributed by atoms with van der Waals surface area (Å²) in [7, 11) is 0. The smallest absolute Gasteiger partial charge is 0.384 e. The molecular weight excluding hydrogens is 456 g/mol. The summed E-state index contributed by atoms with van der Waals surface area (Å²) < 4.78 is 19.0. The maximum atomic E-state index is 13.2. The number of hydroxylamine groups is 2. The number of rotatable bonds is 17. The van der Waals surface area contributed by atoms with Gasteiger partial charge in [-0.2, -0.15) is 0 Å². The minimum atomic E-state index is -1.02. The SMILES string of the molecule is CCCCOCC(Cn1ccc(=O)c(OCCCC)c1C(=O)ON1C(=O)CCC1=O)OCCCC. The van der Waals surface area contributed by atoms with Crippen molar-refractivity contribution in [3.8, 4) is 5.75 Å². The maximum absolute atomic E-state index is 13.2. The van der Waals surface area contributed by atoms with Crippen LogP contribution in [0.1, 0.15) is 82.6 Å². The molecule has 0 saturated carbocycles. The van der Waals surface area contributed by atoms with E-state index >= 15 is 0 Å². The van der Waals surface area contributed by atoms with E-state index < -0.39 is 29.3 Å². The zero-order valence-corrected chi connectivity index (χ0v) is 21.1. The van der Waals surface area contributed by atoms with E-state index in [9.17, 15) is 19.2 Å². The lowest BCUT2D eigenvalue weighted by Gasteiger charge is -2.23. The lowest BCUT2D eigenvalue weighted by Crippen LogP contribution is -2.35. The molecular formula is C25H38N2O8. The van der Waals surface area contributed by atoms with E-state index in [4.69, 9.17) is 19.0 Å². The van der Waals surface area contributed by atoms with Gasteiger partial charge in [-0.05, 0) is 19.3 Å². The van der Waals surface area contributed by atoms with E-state index in [2.05, 4.69) is 13.8 Å². The van der Waals surface area contributed by atoms with Gasteiger partial charge in [-0.15, -0.1) is 5.06 Å². The summed E-state index contributed by atoms with van der Waals surface area (Å²) in [5.74, 6) is -2.40. The third-order valence-corrected chi connectivity index (χ3v) is 5.45. The van der Waals surface area contributed by atoms with Crippen molar-refractivity contribution in [2.24, 2.45) is 0 Å². The third kappa shape index (κ3) is 8.78. The van der Waals surface area contributed by atoms with Gasteiger partial charge in [-0.25, -0.2) is 4.79 Å². The van der Waals surface area contributed by atoms with Crippen molar-refractivity contribution in [2.75, 3.05) is 26.4 Å². The van der Waals surface area contributed by atoms with Gasteiger partial charge in [0.05, 0.1) is 25.9 Å². The Bertz CT molecular complexity index is 882. The van der Waals surface area contributed by atoms with Crippen LogP contribution in [0, 0.1) is 0 Å². The Labute approximate surface area is 206 Å². The summed E-state index contributed by atoms with van der Waals surface area (Å²) in [5, 5.41) is 0.461. The van der Waals surface area contributed by atoms with E-state index in [1.807, 2.05) is 6.92 Å². The lowest BCUT2D eigenvalue weighted by atomic mass is 10.2. The van der Waals surface area contributed by atoms with Gasteiger partial charge in [0.25, 0.3) is 11.8 Å². The molecule has 1 fully saturated rings. The van der Waals surface area contributed by atoms with Gasteiger partial charge in [0.15, 0.2) is 11.4 Å². The standard InChI is InChI=1S/C25H38N2O8/c1-4-7-14-32-18-19(33-15-8-5-2)17-26-13-12-20(28)24(34-16-9-6-3)23(26)25(31)35-27-21(29)10-11-22(27)30/h12-13,19H,4-11,14-18H2,1-3H3. The van der Waals surface area contributed by atoms with Crippen molar-refractivity contribution in [1.82, 2.24) is 9.63 Å². The first-order valence-corrected chi connectivity index (χ1v) is 12.6. The molecule has 10 heteroatoms. The van der Waals surface area contributed by atoms with Crippen molar-refractivity contribution >= 4 is 17.8 Å². The van der Waals surface area contributed by atoms with E-state index in [0.717, 1.165) is 32.1 Å². The van der Waals surface area contributed by atoms with E-state index in [1.54, 1.807) is 0 Å². The largest absolute Gasteiger partial charge is 0.487 e. The fraction of sp³-hybridized carbons (Fsp3) is 0.680. The highest BCUT2D eigenvalue weighted by Crippen LogP contribution is 2.20. The molecule has 0 radical (unpaired) electrons. The number of hydrogen-bond acceptors (Lipinski definition) is 8. The number of carbonyl (C=O) groups excluding carboxylic acids is 3. The van der Waals surface area contributed by atoms with Crippen LogP contribution in [0.25, 0.3) is 0 Å². The third-order valence-electron chi connectivity index (χ3n) is 5.45. The number of nitrogens with zero attached hydrogens (tertiary/aromatic N) is 2. The maximum Gasteiger partial charge on any atom is 0.384 e. The van der Waals surface area contributed by atoms with Gasteiger partial charge in [0.2, 0.25) is 5.43 Å². The molecule has 0 aliphatic carbocycles. The number of carbonyl (C=O) groups is 3. The van der Waals surface area contributed by atoms with Crippen LogP contribution in [0.4, 0.5) is 0 Å². The molecule has 1 unspecified atom stereocenters. The lowest BCUT2D eigenvalue weighted by molar-refractivity contribution is -0.172. The Morgan fingerprint density at radius 1 is 0.943 bits per heavy atom. The number of amides is 2. The summed E-state index contributed by atoms with van der Waals surface area (Å²) in [4.78, 5) is 54.9. The number of imide groups is 1. The predicted molar refractivity (Wildman–Crippen MR) is 128 cm³/mol. The van der Waals surface area contributed by atoms with E-state index in [-0.39, 0.29) is 37.4 Å². The second-order valence-electron chi connectivity index (χ2n) is 8.45. The van der Waals surface area contributed by atoms with Crippen LogP contribution in [0.5, 0.6) is 5.75 Å². The zero-order valence-electron chi connectivity index (χ0n) is 21.1. The first-order valence-electron chi connectivity index (χ1n) is 12.6. The van der Waals surface area contributed by atoms with Crippen molar-refractivity contribution in [2.45, 2.75) is 84.8 Å². The van der Waals surface area contributed by atoms with Crippen LogP contribution in [0.2, 0.25) is 0 Å². The summed E-state index contributed by atoms with van der Waals surface area (Å²) in [5.41, 5.74) is -0.662. The number of hydrogen-bond donors (Lipinski definition) is 0. The van der Waals surface area contributed by atoms with Gasteiger partial charge >= 0.3 is 5.97 Å². The second kappa shape index (κ2) is 15.3. The second-order valence-corrected chi connectivity index (χ2v) is 8.45. The molecule has 1 aromatic rings. The predicted octanol–water partition coefficient (Wildman–Crippen LogP) is 3.25. The summed E-state index contributed by atoms with van der Waals surface area (Å²) >= 11 is 0. The minimum Gasteiger partial charge on any atom is -0.487 e. The highest BCUT2D eigenvalue weighted by Gasteiger charge is 2.35. The highest BCUT2D eigenvalue weighted by molar-refractivity contribution is 6.02. The molecule has 2 amide bonds. The number of pyridine rings is 1. The topological polar surface area (TPSA) is 113 Å². The monoisotopic (exact) mass is 494 g/mol. The van der Waals surface area contributed by atoms with Gasteiger partial charge in [-0.3, -0.25) is 14.4 Å².